The Morgan fingerprint density at radius 2 is 1.67 bits per heavy atom. The number of nitrogens with zero attached hydrogens (tertiary/aromatic N) is 1. The van der Waals surface area contributed by atoms with Gasteiger partial charge in [-0.1, -0.05) is 55.7 Å². The van der Waals surface area contributed by atoms with Gasteiger partial charge in [0.1, 0.15) is 0 Å². The highest BCUT2D eigenvalue weighted by atomic mass is 32.2. The van der Waals surface area contributed by atoms with Crippen LogP contribution in [0.5, 0.6) is 0 Å². The van der Waals surface area contributed by atoms with E-state index in [0.29, 0.717) is 12.2 Å². The van der Waals surface area contributed by atoms with E-state index in [2.05, 4.69) is 11.3 Å². The van der Waals surface area contributed by atoms with Gasteiger partial charge in [-0.2, -0.15) is 8.42 Å². The zero-order valence-corrected chi connectivity index (χ0v) is 14.9. The monoisotopic (exact) mass is 345 g/mol. The van der Waals surface area contributed by atoms with Crippen molar-refractivity contribution in [3.05, 3.63) is 65.7 Å². The first-order valence-corrected chi connectivity index (χ1v) is 9.57. The molecule has 0 saturated heterocycles. The first kappa shape index (κ1) is 18.2. The van der Waals surface area contributed by atoms with Crippen LogP contribution in [0.3, 0.4) is 0 Å². The molecule has 0 bridgehead atoms. The zero-order valence-electron chi connectivity index (χ0n) is 14.1. The van der Waals surface area contributed by atoms with E-state index in [4.69, 9.17) is 4.74 Å². The van der Waals surface area contributed by atoms with Gasteiger partial charge in [0.25, 0.3) is 10.0 Å². The summed E-state index contributed by atoms with van der Waals surface area (Å²) in [6, 6.07) is 15.8. The number of aryl methyl sites for hydroxylation is 1. The fraction of sp³-hybridized carbons (Fsp3) is 0.316. The summed E-state index contributed by atoms with van der Waals surface area (Å²) in [7, 11) is -3.80. The van der Waals surface area contributed by atoms with E-state index in [0.717, 1.165) is 24.8 Å². The summed E-state index contributed by atoms with van der Waals surface area (Å²) in [5.74, 6) is 0.146. The number of unbranched alkanes of at least 4 members (excludes halogenated alkanes) is 2. The molecule has 128 valence electrons. The predicted molar refractivity (Wildman–Crippen MR) is 96.8 cm³/mol. The van der Waals surface area contributed by atoms with Crippen LogP contribution < -0.4 is 0 Å². The molecule has 0 aliphatic carbocycles. The van der Waals surface area contributed by atoms with Crippen LogP contribution in [0.4, 0.5) is 0 Å². The molecule has 0 unspecified atom stereocenters. The van der Waals surface area contributed by atoms with Crippen molar-refractivity contribution < 1.29 is 13.2 Å². The van der Waals surface area contributed by atoms with E-state index >= 15 is 0 Å². The fourth-order valence-corrected chi connectivity index (χ4v) is 3.10. The Morgan fingerprint density at radius 1 is 1.00 bits per heavy atom. The van der Waals surface area contributed by atoms with E-state index in [1.807, 2.05) is 25.1 Å². The van der Waals surface area contributed by atoms with Crippen molar-refractivity contribution in [2.45, 2.75) is 38.0 Å². The molecule has 2 aromatic carbocycles. The molecule has 5 heteroatoms. The lowest BCUT2D eigenvalue weighted by Crippen LogP contribution is -2.11. The average molecular weight is 345 g/mol. The first-order valence-electron chi connectivity index (χ1n) is 8.13. The molecule has 4 nitrogen and oxygen atoms in total. The summed E-state index contributed by atoms with van der Waals surface area (Å²) < 4.78 is 34.7. The number of sulfonamides is 1. The topological polar surface area (TPSA) is 55.7 Å². The van der Waals surface area contributed by atoms with Crippen molar-refractivity contribution >= 4 is 15.9 Å². The summed E-state index contributed by atoms with van der Waals surface area (Å²) in [4.78, 5) is 0.165. The molecule has 0 aromatic heterocycles. The summed E-state index contributed by atoms with van der Waals surface area (Å²) in [6.07, 6.45) is 2.97. The van der Waals surface area contributed by atoms with Gasteiger partial charge in [0, 0.05) is 5.56 Å². The van der Waals surface area contributed by atoms with E-state index in [-0.39, 0.29) is 10.8 Å². The maximum Gasteiger partial charge on any atom is 0.285 e. The van der Waals surface area contributed by atoms with Crippen LogP contribution in [0.15, 0.2) is 63.9 Å². The quantitative estimate of drug-likeness (QED) is 0.426. The first-order chi connectivity index (χ1) is 11.5. The third-order valence-electron chi connectivity index (χ3n) is 3.53. The van der Waals surface area contributed by atoms with Crippen molar-refractivity contribution in [2.24, 2.45) is 4.40 Å². The Labute approximate surface area is 144 Å². The summed E-state index contributed by atoms with van der Waals surface area (Å²) >= 11 is 0. The molecule has 24 heavy (non-hydrogen) atoms. The number of ether oxygens (including phenoxy) is 1. The van der Waals surface area contributed by atoms with Crippen LogP contribution in [-0.4, -0.2) is 20.9 Å². The molecule has 0 radical (unpaired) electrons. The molecule has 0 saturated carbocycles. The third-order valence-corrected chi connectivity index (χ3v) is 4.80. The lowest BCUT2D eigenvalue weighted by molar-refractivity contribution is 0.295. The summed E-state index contributed by atoms with van der Waals surface area (Å²) in [5.41, 5.74) is 1.65. The minimum absolute atomic E-state index is 0.146. The molecule has 0 spiro atoms. The predicted octanol–water partition coefficient (Wildman–Crippen LogP) is 4.34. The van der Waals surface area contributed by atoms with Crippen LogP contribution in [0.25, 0.3) is 0 Å². The molecule has 0 aliphatic heterocycles. The molecule has 0 atom stereocenters. The number of rotatable bonds is 7. The van der Waals surface area contributed by atoms with E-state index < -0.39 is 10.0 Å². The van der Waals surface area contributed by atoms with Crippen molar-refractivity contribution in [1.29, 1.82) is 0 Å². The smallest absolute Gasteiger partial charge is 0.285 e. The summed E-state index contributed by atoms with van der Waals surface area (Å²) in [5, 5.41) is 0. The minimum atomic E-state index is -3.80. The van der Waals surface area contributed by atoms with Gasteiger partial charge < -0.3 is 4.74 Å². The van der Waals surface area contributed by atoms with Gasteiger partial charge in [-0.25, -0.2) is 0 Å². The lowest BCUT2D eigenvalue weighted by atomic mass is 10.2. The third kappa shape index (κ3) is 5.20. The van der Waals surface area contributed by atoms with Crippen LogP contribution >= 0.6 is 0 Å². The summed E-state index contributed by atoms with van der Waals surface area (Å²) in [6.45, 7) is 4.46. The van der Waals surface area contributed by atoms with Gasteiger partial charge in [0.2, 0.25) is 5.90 Å². The Morgan fingerprint density at radius 3 is 2.29 bits per heavy atom. The molecular formula is C19H23NO3S. The van der Waals surface area contributed by atoms with Crippen molar-refractivity contribution in [3.63, 3.8) is 0 Å². The zero-order chi connectivity index (χ0) is 17.4. The van der Waals surface area contributed by atoms with Crippen LogP contribution in [0.1, 0.15) is 37.3 Å². The Bertz CT molecular complexity index is 766. The van der Waals surface area contributed by atoms with Gasteiger partial charge >= 0.3 is 0 Å². The molecule has 0 fully saturated rings. The van der Waals surface area contributed by atoms with E-state index in [1.54, 1.807) is 36.4 Å². The second kappa shape index (κ2) is 8.64. The van der Waals surface area contributed by atoms with E-state index in [1.165, 1.54) is 0 Å². The highest BCUT2D eigenvalue weighted by Gasteiger charge is 2.16. The second-order valence-corrected chi connectivity index (χ2v) is 7.21. The Hall–Kier alpha value is -2.14. The fourth-order valence-electron chi connectivity index (χ4n) is 2.14. The lowest BCUT2D eigenvalue weighted by Gasteiger charge is -2.10. The highest BCUT2D eigenvalue weighted by molar-refractivity contribution is 7.90. The largest absolute Gasteiger partial charge is 0.477 e. The van der Waals surface area contributed by atoms with Gasteiger partial charge in [-0.05, 0) is 37.6 Å². The normalized spacial score (nSPS) is 12.2. The van der Waals surface area contributed by atoms with Gasteiger partial charge in [0.15, 0.2) is 0 Å². The number of hydrogen-bond acceptors (Lipinski definition) is 3. The van der Waals surface area contributed by atoms with Gasteiger partial charge in [-0.3, -0.25) is 0 Å². The Kier molecular flexibility index (Phi) is 6.55. The average Bonchev–Trinajstić information content (AvgIpc) is 2.59. The molecule has 0 aliphatic rings. The van der Waals surface area contributed by atoms with Crippen LogP contribution in [0, 0.1) is 6.92 Å². The molecular weight excluding hydrogens is 322 g/mol. The van der Waals surface area contributed by atoms with Gasteiger partial charge in [-0.15, -0.1) is 4.40 Å². The molecule has 2 rings (SSSR count). The maximum atomic E-state index is 12.5. The molecule has 0 heterocycles. The maximum absolute atomic E-state index is 12.5. The Balaban J connectivity index is 2.30. The molecule has 0 amide bonds. The van der Waals surface area contributed by atoms with Crippen LogP contribution in [-0.2, 0) is 14.8 Å². The molecule has 2 aromatic rings. The number of benzene rings is 2. The minimum Gasteiger partial charge on any atom is -0.477 e. The SMILES string of the molecule is CCCCCO/C(=N\S(=O)(=O)c1ccc(C)cc1)c1ccccc1. The van der Waals surface area contributed by atoms with Crippen molar-refractivity contribution in [1.82, 2.24) is 0 Å². The standard InChI is InChI=1S/C19H23NO3S/c1-3-4-8-15-23-19(17-9-6-5-7-10-17)20-24(21,22)18-13-11-16(2)12-14-18/h5-7,9-14H,3-4,8,15H2,1-2H3/b20-19-. The van der Waals surface area contributed by atoms with E-state index in [9.17, 15) is 8.42 Å². The van der Waals surface area contributed by atoms with Crippen molar-refractivity contribution in [2.75, 3.05) is 6.61 Å². The van der Waals surface area contributed by atoms with Gasteiger partial charge in [0.05, 0.1) is 11.5 Å². The number of hydrogen-bond donors (Lipinski definition) is 0. The van der Waals surface area contributed by atoms with Crippen LogP contribution in [0.2, 0.25) is 0 Å². The van der Waals surface area contributed by atoms with Crippen molar-refractivity contribution in [3.8, 4) is 0 Å². The second-order valence-electron chi connectivity index (χ2n) is 5.61. The molecule has 0 N–H and O–H groups in total. The highest BCUT2D eigenvalue weighted by Crippen LogP contribution is 2.15.